The number of hydrogen-bond donors (Lipinski definition) is 1. The molecule has 0 bridgehead atoms. The second-order valence-electron chi connectivity index (χ2n) is 7.45. The summed E-state index contributed by atoms with van der Waals surface area (Å²) >= 11 is 0. The van der Waals surface area contributed by atoms with E-state index in [9.17, 15) is 4.79 Å². The molecule has 2 aromatic heterocycles. The number of hydrogen-bond acceptors (Lipinski definition) is 3. The first kappa shape index (κ1) is 16.8. The van der Waals surface area contributed by atoms with Crippen molar-refractivity contribution in [2.45, 2.75) is 39.7 Å². The molecule has 3 rings (SSSR count). The van der Waals surface area contributed by atoms with Gasteiger partial charge in [0.2, 0.25) is 5.91 Å². The molecule has 1 fully saturated rings. The molecule has 24 heavy (non-hydrogen) atoms. The zero-order valence-electron chi connectivity index (χ0n) is 15.1. The van der Waals surface area contributed by atoms with Gasteiger partial charge in [0.15, 0.2) is 0 Å². The number of H-pyrrole nitrogens is 1. The van der Waals surface area contributed by atoms with Gasteiger partial charge in [0.25, 0.3) is 0 Å². The Bertz CT molecular complexity index is 708. The molecule has 0 aromatic carbocycles. The summed E-state index contributed by atoms with van der Waals surface area (Å²) in [6, 6.07) is 4.47. The molecule has 2 aromatic rings. The van der Waals surface area contributed by atoms with Crippen LogP contribution in [0, 0.1) is 11.8 Å². The molecule has 5 heteroatoms. The zero-order valence-corrected chi connectivity index (χ0v) is 15.1. The van der Waals surface area contributed by atoms with Crippen molar-refractivity contribution in [2.75, 3.05) is 25.0 Å². The van der Waals surface area contributed by atoms with Gasteiger partial charge >= 0.3 is 0 Å². The zero-order chi connectivity index (χ0) is 17.3. The van der Waals surface area contributed by atoms with Crippen LogP contribution in [-0.4, -0.2) is 47.0 Å². The molecule has 1 aliphatic rings. The van der Waals surface area contributed by atoms with Crippen molar-refractivity contribution >= 4 is 22.6 Å². The lowest BCUT2D eigenvalue weighted by molar-refractivity contribution is -0.133. The molecule has 1 saturated heterocycles. The average molecular weight is 328 g/mol. The van der Waals surface area contributed by atoms with Gasteiger partial charge in [-0.15, -0.1) is 0 Å². The number of likely N-dealkylation sites (N-methyl/N-ethyl adjacent to an activating group) is 1. The fourth-order valence-corrected chi connectivity index (χ4v) is 3.69. The second kappa shape index (κ2) is 6.83. The van der Waals surface area contributed by atoms with Gasteiger partial charge in [0.1, 0.15) is 5.65 Å². The average Bonchev–Trinajstić information content (AvgIpc) is 3.02. The van der Waals surface area contributed by atoms with E-state index in [4.69, 9.17) is 0 Å². The molecular formula is C19H28N4O. The van der Waals surface area contributed by atoms with Gasteiger partial charge < -0.3 is 14.8 Å². The largest absolute Gasteiger partial charge is 0.369 e. The monoisotopic (exact) mass is 328 g/mol. The van der Waals surface area contributed by atoms with E-state index < -0.39 is 0 Å². The molecule has 130 valence electrons. The van der Waals surface area contributed by atoms with Crippen molar-refractivity contribution < 1.29 is 4.79 Å². The number of rotatable bonds is 4. The van der Waals surface area contributed by atoms with Crippen molar-refractivity contribution in [1.29, 1.82) is 0 Å². The molecule has 0 saturated carbocycles. The minimum absolute atomic E-state index is 0.289. The Hall–Kier alpha value is -2.04. The molecule has 0 aliphatic carbocycles. The smallest absolute Gasteiger partial charge is 0.222 e. The fourth-order valence-electron chi connectivity index (χ4n) is 3.69. The predicted molar refractivity (Wildman–Crippen MR) is 98.1 cm³/mol. The number of pyridine rings is 1. The number of aromatic amines is 1. The molecule has 2 atom stereocenters. The van der Waals surface area contributed by atoms with E-state index in [0.717, 1.165) is 30.5 Å². The van der Waals surface area contributed by atoms with E-state index in [1.807, 2.05) is 12.4 Å². The summed E-state index contributed by atoms with van der Waals surface area (Å²) in [4.78, 5) is 24.4. The normalized spacial score (nSPS) is 21.5. The van der Waals surface area contributed by atoms with E-state index in [0.29, 0.717) is 24.3 Å². The van der Waals surface area contributed by atoms with E-state index >= 15 is 0 Å². The van der Waals surface area contributed by atoms with Gasteiger partial charge in [-0.25, -0.2) is 4.98 Å². The van der Waals surface area contributed by atoms with Crippen LogP contribution in [0.5, 0.6) is 0 Å². The lowest BCUT2D eigenvalue weighted by atomic mass is 9.91. The second-order valence-corrected chi connectivity index (χ2v) is 7.45. The summed E-state index contributed by atoms with van der Waals surface area (Å²) in [7, 11) is 2.14. The third-order valence-corrected chi connectivity index (χ3v) is 5.17. The number of anilines is 1. The number of fused-ring (bicyclic) bond motifs is 1. The molecule has 3 heterocycles. The Labute approximate surface area is 144 Å². The predicted octanol–water partition coefficient (Wildman–Crippen LogP) is 3.28. The van der Waals surface area contributed by atoms with Crippen LogP contribution in [0.25, 0.3) is 11.0 Å². The number of amides is 1. The maximum Gasteiger partial charge on any atom is 0.222 e. The summed E-state index contributed by atoms with van der Waals surface area (Å²) in [5.74, 6) is 1.25. The number of nitrogens with one attached hydrogen (secondary N) is 1. The summed E-state index contributed by atoms with van der Waals surface area (Å²) in [6.45, 7) is 8.19. The molecule has 0 spiro atoms. The van der Waals surface area contributed by atoms with Crippen LogP contribution in [-0.2, 0) is 4.79 Å². The maximum atomic E-state index is 12.5. The van der Waals surface area contributed by atoms with Crippen LogP contribution in [0.2, 0.25) is 0 Å². The van der Waals surface area contributed by atoms with E-state index in [1.165, 1.54) is 5.69 Å². The van der Waals surface area contributed by atoms with Crippen molar-refractivity contribution in [3.8, 4) is 0 Å². The van der Waals surface area contributed by atoms with E-state index in [1.54, 1.807) is 0 Å². The highest BCUT2D eigenvalue weighted by Gasteiger charge is 2.32. The number of likely N-dealkylation sites (tertiary alicyclic amines) is 1. The quantitative estimate of drug-likeness (QED) is 0.937. The minimum atomic E-state index is 0.289. The highest BCUT2D eigenvalue weighted by atomic mass is 16.2. The Kier molecular flexibility index (Phi) is 4.78. The molecular weight excluding hydrogens is 300 g/mol. The Morgan fingerprint density at radius 2 is 2.25 bits per heavy atom. The highest BCUT2D eigenvalue weighted by molar-refractivity contribution is 5.89. The number of nitrogens with zero attached hydrogens (tertiary/aromatic N) is 3. The van der Waals surface area contributed by atoms with Crippen LogP contribution in [0.15, 0.2) is 24.5 Å². The lowest BCUT2D eigenvalue weighted by Crippen LogP contribution is -2.52. The van der Waals surface area contributed by atoms with Crippen LogP contribution in [0.1, 0.15) is 33.6 Å². The van der Waals surface area contributed by atoms with Gasteiger partial charge in [0.05, 0.1) is 0 Å². The molecule has 1 amide bonds. The van der Waals surface area contributed by atoms with Gasteiger partial charge in [-0.2, -0.15) is 0 Å². The summed E-state index contributed by atoms with van der Waals surface area (Å²) in [5.41, 5.74) is 2.09. The van der Waals surface area contributed by atoms with Crippen LogP contribution < -0.4 is 4.90 Å². The van der Waals surface area contributed by atoms with Crippen molar-refractivity contribution in [1.82, 2.24) is 14.9 Å². The number of carbonyl (C=O) groups is 1. The lowest BCUT2D eigenvalue weighted by Gasteiger charge is -2.43. The minimum Gasteiger partial charge on any atom is -0.369 e. The number of piperidine rings is 1. The molecule has 0 unspecified atom stereocenters. The Morgan fingerprint density at radius 3 is 3.00 bits per heavy atom. The first-order valence-corrected chi connectivity index (χ1v) is 8.90. The topological polar surface area (TPSA) is 52.2 Å². The van der Waals surface area contributed by atoms with Crippen LogP contribution in [0.3, 0.4) is 0 Å². The van der Waals surface area contributed by atoms with Gasteiger partial charge in [-0.3, -0.25) is 4.79 Å². The summed E-state index contributed by atoms with van der Waals surface area (Å²) in [5, 5.41) is 1.14. The van der Waals surface area contributed by atoms with Crippen LogP contribution >= 0.6 is 0 Å². The highest BCUT2D eigenvalue weighted by Crippen LogP contribution is 2.30. The molecule has 1 N–H and O–H groups in total. The third kappa shape index (κ3) is 3.25. The molecule has 0 radical (unpaired) electrons. The molecule has 5 nitrogen and oxygen atoms in total. The van der Waals surface area contributed by atoms with E-state index in [-0.39, 0.29) is 5.91 Å². The SMILES string of the molecule is CC(C)CC(=O)N1CC[C@@H](C)[C@@H](N(C)c2ccnc3[nH]ccc23)C1. The van der Waals surface area contributed by atoms with Gasteiger partial charge in [0, 0.05) is 56.1 Å². The van der Waals surface area contributed by atoms with Crippen LogP contribution in [0.4, 0.5) is 5.69 Å². The fraction of sp³-hybridized carbons (Fsp3) is 0.579. The van der Waals surface area contributed by atoms with Gasteiger partial charge in [-0.1, -0.05) is 20.8 Å². The van der Waals surface area contributed by atoms with Crippen molar-refractivity contribution in [2.24, 2.45) is 11.8 Å². The number of carbonyl (C=O) groups excluding carboxylic acids is 1. The molecule has 1 aliphatic heterocycles. The van der Waals surface area contributed by atoms with Gasteiger partial charge in [-0.05, 0) is 30.4 Å². The first-order valence-electron chi connectivity index (χ1n) is 8.90. The van der Waals surface area contributed by atoms with Crippen molar-refractivity contribution in [3.63, 3.8) is 0 Å². The Morgan fingerprint density at radius 1 is 1.46 bits per heavy atom. The standard InChI is InChI=1S/C19H28N4O/c1-13(2)11-18(24)23-10-7-14(3)17(12-23)22(4)16-6-9-21-19-15(16)5-8-20-19/h5-6,8-9,13-14,17H,7,10-12H2,1-4H3,(H,20,21)/t14-,17+/m1/s1. The number of aromatic nitrogens is 2. The maximum absolute atomic E-state index is 12.5. The Balaban J connectivity index is 1.81. The summed E-state index contributed by atoms with van der Waals surface area (Å²) < 4.78 is 0. The third-order valence-electron chi connectivity index (χ3n) is 5.17. The van der Waals surface area contributed by atoms with Crippen molar-refractivity contribution in [3.05, 3.63) is 24.5 Å². The van der Waals surface area contributed by atoms with E-state index in [2.05, 4.69) is 59.7 Å². The summed E-state index contributed by atoms with van der Waals surface area (Å²) in [6.07, 6.45) is 5.47. The first-order chi connectivity index (χ1) is 11.5.